The lowest BCUT2D eigenvalue weighted by atomic mass is 9.89. The zero-order valence-corrected chi connectivity index (χ0v) is 29.6. The van der Waals surface area contributed by atoms with Crippen LogP contribution in [0, 0.1) is 0 Å². The van der Waals surface area contributed by atoms with Gasteiger partial charge in [0.05, 0.1) is 73.8 Å². The first-order chi connectivity index (χ1) is 25.3. The van der Waals surface area contributed by atoms with E-state index in [-0.39, 0.29) is 12.2 Å². The van der Waals surface area contributed by atoms with Gasteiger partial charge in [0.1, 0.15) is 0 Å². The van der Waals surface area contributed by atoms with E-state index in [9.17, 15) is 0 Å². The van der Waals surface area contributed by atoms with E-state index in [0.717, 1.165) is 83.2 Å². The largest absolute Gasteiger partial charge is 0.379 e. The highest BCUT2D eigenvalue weighted by atomic mass is 16.5. The monoisotopic (exact) mass is 686 g/mol. The van der Waals surface area contributed by atoms with E-state index < -0.39 is 0 Å². The molecule has 0 amide bonds. The normalized spacial score (nSPS) is 21.3. The lowest BCUT2D eigenvalue weighted by molar-refractivity contribution is -0.0183. The highest BCUT2D eigenvalue weighted by molar-refractivity contribution is 5.38. The molecule has 2 aromatic heterocycles. The van der Waals surface area contributed by atoms with E-state index in [2.05, 4.69) is 96.1 Å². The second-order valence-corrected chi connectivity index (χ2v) is 14.0. The SMILES string of the molecule is c1ccc(-n2ncc3c2CCOC3CN2CCOCC2)cc1.c1ccc(C2CCN(CCC3OCCc4c3cnn4-c3ccccc3)CC2)cc1. The molecule has 0 bridgehead atoms. The van der Waals surface area contributed by atoms with Crippen LogP contribution in [-0.2, 0) is 27.1 Å². The Morgan fingerprint density at radius 1 is 0.569 bits per heavy atom. The second kappa shape index (κ2) is 16.5. The molecule has 2 saturated heterocycles. The third-order valence-electron chi connectivity index (χ3n) is 10.9. The second-order valence-electron chi connectivity index (χ2n) is 14.0. The van der Waals surface area contributed by atoms with Gasteiger partial charge in [-0.1, -0.05) is 66.7 Å². The van der Waals surface area contributed by atoms with E-state index in [1.807, 2.05) is 36.7 Å². The topological polar surface area (TPSA) is 69.8 Å². The molecule has 0 N–H and O–H groups in total. The molecular weight excluding hydrogens is 637 g/mol. The fourth-order valence-electron chi connectivity index (χ4n) is 8.09. The molecule has 9 nitrogen and oxygen atoms in total. The summed E-state index contributed by atoms with van der Waals surface area (Å²) in [5.74, 6) is 0.717. The average Bonchev–Trinajstić information content (AvgIpc) is 3.85. The fourth-order valence-corrected chi connectivity index (χ4v) is 8.09. The fraction of sp³-hybridized carbons (Fsp3) is 0.429. The molecule has 4 aliphatic rings. The summed E-state index contributed by atoms with van der Waals surface area (Å²) in [5.41, 5.74) is 8.88. The molecule has 3 aromatic carbocycles. The Morgan fingerprint density at radius 2 is 1.10 bits per heavy atom. The van der Waals surface area contributed by atoms with Gasteiger partial charge in [0, 0.05) is 50.1 Å². The van der Waals surface area contributed by atoms with Crippen molar-refractivity contribution in [3.63, 3.8) is 0 Å². The van der Waals surface area contributed by atoms with Crippen LogP contribution in [0.1, 0.15) is 65.5 Å². The highest BCUT2D eigenvalue weighted by Crippen LogP contribution is 2.33. The molecule has 2 atom stereocenters. The number of aromatic nitrogens is 4. The molecule has 51 heavy (non-hydrogen) atoms. The summed E-state index contributed by atoms with van der Waals surface area (Å²) >= 11 is 0. The van der Waals surface area contributed by atoms with Gasteiger partial charge in [0.15, 0.2) is 0 Å². The van der Waals surface area contributed by atoms with E-state index in [1.54, 1.807) is 0 Å². The van der Waals surface area contributed by atoms with Crippen LogP contribution in [0.25, 0.3) is 11.4 Å². The van der Waals surface area contributed by atoms with Crippen LogP contribution in [0.3, 0.4) is 0 Å². The molecule has 0 radical (unpaired) electrons. The van der Waals surface area contributed by atoms with Crippen LogP contribution in [0.15, 0.2) is 103 Å². The van der Waals surface area contributed by atoms with Crippen LogP contribution in [0.5, 0.6) is 0 Å². The predicted molar refractivity (Wildman–Crippen MR) is 199 cm³/mol. The minimum absolute atomic E-state index is 0.124. The van der Waals surface area contributed by atoms with Crippen molar-refractivity contribution in [3.8, 4) is 11.4 Å². The number of para-hydroxylation sites is 2. The number of piperidine rings is 1. The minimum Gasteiger partial charge on any atom is -0.379 e. The van der Waals surface area contributed by atoms with Crippen molar-refractivity contribution >= 4 is 0 Å². The summed E-state index contributed by atoms with van der Waals surface area (Å²) in [7, 11) is 0. The highest BCUT2D eigenvalue weighted by Gasteiger charge is 2.29. The van der Waals surface area contributed by atoms with Crippen molar-refractivity contribution in [2.24, 2.45) is 0 Å². The number of hydrogen-bond donors (Lipinski definition) is 0. The van der Waals surface area contributed by atoms with E-state index in [1.165, 1.54) is 54.0 Å². The Hall–Kier alpha value is -4.12. The number of rotatable bonds is 8. The number of hydrogen-bond acceptors (Lipinski definition) is 7. The van der Waals surface area contributed by atoms with Crippen molar-refractivity contribution in [2.45, 2.75) is 50.2 Å². The zero-order chi connectivity index (χ0) is 34.2. The number of morpholine rings is 1. The van der Waals surface area contributed by atoms with Gasteiger partial charge in [-0.3, -0.25) is 4.90 Å². The third-order valence-corrected chi connectivity index (χ3v) is 10.9. The van der Waals surface area contributed by atoms with Gasteiger partial charge in [-0.05, 0) is 68.1 Å². The molecule has 5 aromatic rings. The van der Waals surface area contributed by atoms with E-state index in [0.29, 0.717) is 5.92 Å². The van der Waals surface area contributed by atoms with E-state index >= 15 is 0 Å². The Morgan fingerprint density at radius 3 is 1.69 bits per heavy atom. The van der Waals surface area contributed by atoms with Gasteiger partial charge in [-0.2, -0.15) is 10.2 Å². The number of fused-ring (bicyclic) bond motifs is 2. The van der Waals surface area contributed by atoms with Crippen molar-refractivity contribution in [2.75, 3.05) is 65.7 Å². The van der Waals surface area contributed by atoms with Crippen molar-refractivity contribution in [1.82, 2.24) is 29.4 Å². The number of nitrogens with zero attached hydrogens (tertiary/aromatic N) is 6. The molecule has 2 unspecified atom stereocenters. The molecule has 0 spiro atoms. The Balaban J connectivity index is 0.000000152. The van der Waals surface area contributed by atoms with Gasteiger partial charge < -0.3 is 19.1 Å². The third kappa shape index (κ3) is 8.03. The molecule has 4 aliphatic heterocycles. The predicted octanol–water partition coefficient (Wildman–Crippen LogP) is 6.57. The van der Waals surface area contributed by atoms with Gasteiger partial charge in [-0.25, -0.2) is 9.36 Å². The van der Waals surface area contributed by atoms with E-state index in [4.69, 9.17) is 14.2 Å². The number of likely N-dealkylation sites (tertiary alicyclic amines) is 1. The standard InChI is InChI=1S/C25H29N3O.C17H21N3O2/c1-3-7-20(8-4-1)21-11-15-27(16-12-21)17-13-25-23-19-26-28(24(23)14-18-29-25)22-9-5-2-6-10-22;1-2-4-14(5-3-1)20-16-6-9-22-17(15(16)12-18-20)13-19-7-10-21-11-8-19/h1-10,19,21,25H,11-18H2;1-5,12,17H,6-11,13H2. The van der Waals surface area contributed by atoms with Crippen LogP contribution < -0.4 is 0 Å². The zero-order valence-electron chi connectivity index (χ0n) is 29.6. The van der Waals surface area contributed by atoms with Gasteiger partial charge >= 0.3 is 0 Å². The first-order valence-corrected chi connectivity index (χ1v) is 18.8. The average molecular weight is 687 g/mol. The summed E-state index contributed by atoms with van der Waals surface area (Å²) in [6.07, 6.45) is 9.71. The number of ether oxygens (including phenoxy) is 3. The Bertz CT molecular complexity index is 1800. The van der Waals surface area contributed by atoms with Crippen LogP contribution in [0.4, 0.5) is 0 Å². The summed E-state index contributed by atoms with van der Waals surface area (Å²) in [6, 6.07) is 31.7. The van der Waals surface area contributed by atoms with Crippen LogP contribution in [-0.4, -0.2) is 95.1 Å². The lowest BCUT2D eigenvalue weighted by Crippen LogP contribution is -2.40. The smallest absolute Gasteiger partial charge is 0.0985 e. The van der Waals surface area contributed by atoms with Crippen molar-refractivity contribution < 1.29 is 14.2 Å². The molecule has 266 valence electrons. The maximum absolute atomic E-state index is 6.16. The summed E-state index contributed by atoms with van der Waals surface area (Å²) in [6.45, 7) is 9.56. The van der Waals surface area contributed by atoms with Gasteiger partial charge in [0.25, 0.3) is 0 Å². The summed E-state index contributed by atoms with van der Waals surface area (Å²) < 4.78 is 21.8. The molecule has 6 heterocycles. The summed E-state index contributed by atoms with van der Waals surface area (Å²) in [4.78, 5) is 5.03. The van der Waals surface area contributed by atoms with Crippen molar-refractivity contribution in [1.29, 1.82) is 0 Å². The molecule has 2 fully saturated rings. The first-order valence-electron chi connectivity index (χ1n) is 18.8. The van der Waals surface area contributed by atoms with Crippen LogP contribution in [0.2, 0.25) is 0 Å². The van der Waals surface area contributed by atoms with Gasteiger partial charge in [0.2, 0.25) is 0 Å². The Labute approximate surface area is 301 Å². The van der Waals surface area contributed by atoms with Crippen molar-refractivity contribution in [3.05, 3.63) is 131 Å². The molecule has 0 saturated carbocycles. The first kappa shape index (κ1) is 34.0. The Kier molecular flexibility index (Phi) is 11.0. The quantitative estimate of drug-likeness (QED) is 0.183. The number of benzene rings is 3. The molecular formula is C42H50N6O3. The minimum atomic E-state index is 0.124. The van der Waals surface area contributed by atoms with Gasteiger partial charge in [-0.15, -0.1) is 0 Å². The molecule has 9 rings (SSSR count). The van der Waals surface area contributed by atoms with Crippen LogP contribution >= 0.6 is 0 Å². The molecule has 0 aliphatic carbocycles. The maximum Gasteiger partial charge on any atom is 0.0985 e. The lowest BCUT2D eigenvalue weighted by Gasteiger charge is -2.33. The summed E-state index contributed by atoms with van der Waals surface area (Å²) in [5, 5.41) is 9.28. The molecule has 9 heteroatoms. The maximum atomic E-state index is 6.16.